The number of nitro groups is 1. The minimum Gasteiger partial charge on any atom is -0.361 e. The van der Waals surface area contributed by atoms with Crippen molar-refractivity contribution in [3.63, 3.8) is 0 Å². The number of aromatic amines is 1. The lowest BCUT2D eigenvalue weighted by atomic mass is 9.99. The van der Waals surface area contributed by atoms with Gasteiger partial charge in [-0.15, -0.1) is 0 Å². The number of nitrogens with zero attached hydrogens (tertiary/aromatic N) is 3. The van der Waals surface area contributed by atoms with Gasteiger partial charge in [0.2, 0.25) is 0 Å². The highest BCUT2D eigenvalue weighted by Gasteiger charge is 2.25. The predicted octanol–water partition coefficient (Wildman–Crippen LogP) is 2.39. The highest BCUT2D eigenvalue weighted by molar-refractivity contribution is 5.87. The molecule has 3 aromatic rings. The number of benzene rings is 2. The first kappa shape index (κ1) is 14.4. The molecule has 7 heteroatoms. The standard InChI is InChI=1S/C17H14N4O3/c22-17-13-7-16(21(23)24)15(8-14(13)18-10-19-17)20-6-5-11-3-1-2-4-12(11)9-20/h1-4,7-8,10H,5-6,9H2,(H,18,19,22). The number of H-pyrrole nitrogens is 1. The first-order chi connectivity index (χ1) is 11.6. The summed E-state index contributed by atoms with van der Waals surface area (Å²) < 4.78 is 0. The SMILES string of the molecule is O=c1[nH]cnc2cc(N3CCc4ccccc4C3)c([N+](=O)[O-])cc12. The lowest BCUT2D eigenvalue weighted by molar-refractivity contribution is -0.384. The number of nitrogens with one attached hydrogen (secondary N) is 1. The van der Waals surface area contributed by atoms with E-state index in [0.717, 1.165) is 12.0 Å². The van der Waals surface area contributed by atoms with E-state index in [1.54, 1.807) is 6.07 Å². The molecule has 7 nitrogen and oxygen atoms in total. The Morgan fingerprint density at radius 1 is 1.21 bits per heavy atom. The van der Waals surface area contributed by atoms with Crippen molar-refractivity contribution in [2.24, 2.45) is 0 Å². The van der Waals surface area contributed by atoms with Crippen molar-refractivity contribution >= 4 is 22.3 Å². The molecule has 0 bridgehead atoms. The summed E-state index contributed by atoms with van der Waals surface area (Å²) in [5.41, 5.74) is 2.95. The summed E-state index contributed by atoms with van der Waals surface area (Å²) in [6.45, 7) is 1.29. The van der Waals surface area contributed by atoms with Gasteiger partial charge >= 0.3 is 0 Å². The van der Waals surface area contributed by atoms with Crippen LogP contribution in [0.15, 0.2) is 47.5 Å². The summed E-state index contributed by atoms with van der Waals surface area (Å²) in [4.78, 5) is 31.5. The minimum atomic E-state index is -0.443. The number of fused-ring (bicyclic) bond motifs is 2. The molecule has 0 saturated heterocycles. The third-order valence-electron chi connectivity index (χ3n) is 4.40. The van der Waals surface area contributed by atoms with E-state index in [4.69, 9.17) is 0 Å². The zero-order chi connectivity index (χ0) is 16.7. The topological polar surface area (TPSA) is 92.1 Å². The Balaban J connectivity index is 1.86. The van der Waals surface area contributed by atoms with E-state index in [1.807, 2.05) is 23.1 Å². The number of nitro benzene ring substituents is 1. The lowest BCUT2D eigenvalue weighted by Gasteiger charge is -2.30. The number of hydrogen-bond donors (Lipinski definition) is 1. The molecule has 0 aliphatic carbocycles. The van der Waals surface area contributed by atoms with Crippen molar-refractivity contribution in [1.29, 1.82) is 0 Å². The van der Waals surface area contributed by atoms with Crippen molar-refractivity contribution in [3.05, 3.63) is 74.3 Å². The normalized spacial score (nSPS) is 13.8. The molecule has 1 aliphatic heterocycles. The Bertz CT molecular complexity index is 1010. The summed E-state index contributed by atoms with van der Waals surface area (Å²) in [5.74, 6) is 0. The molecule has 0 spiro atoms. The van der Waals surface area contributed by atoms with Crippen molar-refractivity contribution in [2.75, 3.05) is 11.4 Å². The third kappa shape index (κ3) is 2.30. The molecule has 1 N–H and O–H groups in total. The van der Waals surface area contributed by atoms with Crippen LogP contribution in [0.3, 0.4) is 0 Å². The van der Waals surface area contributed by atoms with Crippen molar-refractivity contribution in [3.8, 4) is 0 Å². The fraction of sp³-hybridized carbons (Fsp3) is 0.176. The molecule has 0 saturated carbocycles. The molecule has 1 aromatic heterocycles. The number of rotatable bonds is 2. The highest BCUT2D eigenvalue weighted by atomic mass is 16.6. The second-order valence-corrected chi connectivity index (χ2v) is 5.79. The van der Waals surface area contributed by atoms with Crippen molar-refractivity contribution in [1.82, 2.24) is 9.97 Å². The molecule has 0 fully saturated rings. The third-order valence-corrected chi connectivity index (χ3v) is 4.40. The van der Waals surface area contributed by atoms with Crippen LogP contribution in [0.4, 0.5) is 11.4 Å². The van der Waals surface area contributed by atoms with Gasteiger partial charge < -0.3 is 9.88 Å². The monoisotopic (exact) mass is 322 g/mol. The van der Waals surface area contributed by atoms with Gasteiger partial charge in [0.1, 0.15) is 5.69 Å². The maximum Gasteiger partial charge on any atom is 0.293 e. The highest BCUT2D eigenvalue weighted by Crippen LogP contribution is 2.34. The van der Waals surface area contributed by atoms with Gasteiger partial charge in [-0.1, -0.05) is 24.3 Å². The summed E-state index contributed by atoms with van der Waals surface area (Å²) >= 11 is 0. The van der Waals surface area contributed by atoms with Crippen LogP contribution in [0.2, 0.25) is 0 Å². The molecule has 24 heavy (non-hydrogen) atoms. The Kier molecular flexibility index (Phi) is 3.26. The molecule has 2 aromatic carbocycles. The molecule has 0 atom stereocenters. The van der Waals surface area contributed by atoms with Gasteiger partial charge in [0.25, 0.3) is 11.2 Å². The minimum absolute atomic E-state index is 0.0691. The van der Waals surface area contributed by atoms with E-state index in [-0.39, 0.29) is 16.6 Å². The van der Waals surface area contributed by atoms with Crippen molar-refractivity contribution < 1.29 is 4.92 Å². The first-order valence-electron chi connectivity index (χ1n) is 7.61. The molecule has 2 heterocycles. The van der Waals surface area contributed by atoms with Crippen LogP contribution in [0.1, 0.15) is 11.1 Å². The summed E-state index contributed by atoms with van der Waals surface area (Å²) in [6.07, 6.45) is 2.14. The van der Waals surface area contributed by atoms with E-state index in [0.29, 0.717) is 24.3 Å². The van der Waals surface area contributed by atoms with Gasteiger partial charge in [0.05, 0.1) is 22.2 Å². The van der Waals surface area contributed by atoms with Gasteiger partial charge in [-0.2, -0.15) is 0 Å². The van der Waals surface area contributed by atoms with Crippen LogP contribution < -0.4 is 10.5 Å². The fourth-order valence-corrected chi connectivity index (χ4v) is 3.19. The number of aromatic nitrogens is 2. The molecular formula is C17H14N4O3. The Morgan fingerprint density at radius 3 is 2.79 bits per heavy atom. The second kappa shape index (κ2) is 5.45. The second-order valence-electron chi connectivity index (χ2n) is 5.79. The molecule has 4 rings (SSSR count). The molecule has 1 aliphatic rings. The van der Waals surface area contributed by atoms with Crippen LogP contribution in [0.25, 0.3) is 10.9 Å². The van der Waals surface area contributed by atoms with Gasteiger partial charge in [-0.3, -0.25) is 14.9 Å². The Hall–Kier alpha value is -3.22. The molecule has 0 radical (unpaired) electrons. The van der Waals surface area contributed by atoms with Crippen LogP contribution in [0.5, 0.6) is 0 Å². The van der Waals surface area contributed by atoms with Crippen molar-refractivity contribution in [2.45, 2.75) is 13.0 Å². The Morgan fingerprint density at radius 2 is 2.00 bits per heavy atom. The smallest absolute Gasteiger partial charge is 0.293 e. The van der Waals surface area contributed by atoms with E-state index >= 15 is 0 Å². The van der Waals surface area contributed by atoms with Gasteiger partial charge in [-0.25, -0.2) is 4.98 Å². The van der Waals surface area contributed by atoms with E-state index in [9.17, 15) is 14.9 Å². The molecule has 0 unspecified atom stereocenters. The summed E-state index contributed by atoms with van der Waals surface area (Å²) in [7, 11) is 0. The van der Waals surface area contributed by atoms with E-state index < -0.39 is 4.92 Å². The zero-order valence-electron chi connectivity index (χ0n) is 12.7. The van der Waals surface area contributed by atoms with Crippen LogP contribution in [0, 0.1) is 10.1 Å². The average molecular weight is 322 g/mol. The maximum atomic E-state index is 11.9. The van der Waals surface area contributed by atoms with E-state index in [2.05, 4.69) is 16.0 Å². The molecular weight excluding hydrogens is 308 g/mol. The van der Waals surface area contributed by atoms with Gasteiger partial charge in [0.15, 0.2) is 0 Å². The Labute approximate surface area is 136 Å². The lowest BCUT2D eigenvalue weighted by Crippen LogP contribution is -2.30. The summed E-state index contributed by atoms with van der Waals surface area (Å²) in [6, 6.07) is 11.1. The van der Waals surface area contributed by atoms with Crippen LogP contribution in [-0.4, -0.2) is 21.4 Å². The predicted molar refractivity (Wildman–Crippen MR) is 90.2 cm³/mol. The summed E-state index contributed by atoms with van der Waals surface area (Å²) in [5, 5.41) is 11.7. The number of anilines is 1. The average Bonchev–Trinajstić information content (AvgIpc) is 2.60. The largest absolute Gasteiger partial charge is 0.361 e. The zero-order valence-corrected chi connectivity index (χ0v) is 12.7. The van der Waals surface area contributed by atoms with E-state index in [1.165, 1.54) is 18.0 Å². The van der Waals surface area contributed by atoms with Gasteiger partial charge in [0, 0.05) is 19.2 Å². The quantitative estimate of drug-likeness (QED) is 0.578. The van der Waals surface area contributed by atoms with Crippen LogP contribution in [-0.2, 0) is 13.0 Å². The number of hydrogen-bond acceptors (Lipinski definition) is 5. The maximum absolute atomic E-state index is 11.9. The fourth-order valence-electron chi connectivity index (χ4n) is 3.19. The molecule has 0 amide bonds. The molecule has 120 valence electrons. The van der Waals surface area contributed by atoms with Crippen LogP contribution >= 0.6 is 0 Å². The first-order valence-corrected chi connectivity index (χ1v) is 7.61. The van der Waals surface area contributed by atoms with Gasteiger partial charge in [-0.05, 0) is 23.6 Å².